The van der Waals surface area contributed by atoms with Gasteiger partial charge in [-0.2, -0.15) is 5.10 Å². The molecule has 62 heavy (non-hydrogen) atoms. The van der Waals surface area contributed by atoms with Crippen LogP contribution in [0.15, 0.2) is 140 Å². The number of ether oxygens (including phenoxy) is 2. The van der Waals surface area contributed by atoms with E-state index in [4.69, 9.17) is 43.5 Å². The van der Waals surface area contributed by atoms with E-state index < -0.39 is 0 Å². The van der Waals surface area contributed by atoms with Gasteiger partial charge in [-0.3, -0.25) is 25.7 Å². The Morgan fingerprint density at radius 3 is 1.44 bits per heavy atom. The van der Waals surface area contributed by atoms with Crippen LogP contribution < -0.4 is 20.1 Å². The number of halogens is 2. The van der Waals surface area contributed by atoms with Gasteiger partial charge in [0.25, 0.3) is 0 Å². The molecule has 0 aliphatic carbocycles. The molecule has 0 saturated heterocycles. The molecule has 0 spiro atoms. The minimum absolute atomic E-state index is 0.000620. The van der Waals surface area contributed by atoms with Gasteiger partial charge in [0.05, 0.1) is 30.4 Å². The molecule has 12 nitrogen and oxygen atoms in total. The van der Waals surface area contributed by atoms with E-state index in [1.165, 1.54) is 4.68 Å². The molecule has 7 aromatic rings. The number of hydrogen-bond acceptors (Lipinski definition) is 7. The first kappa shape index (κ1) is 44.7. The third kappa shape index (κ3) is 11.5. The fourth-order valence-electron chi connectivity index (χ4n) is 6.64. The summed E-state index contributed by atoms with van der Waals surface area (Å²) in [6, 6.07) is 40.2. The first-order chi connectivity index (χ1) is 30.1. The average molecular weight is 872 g/mol. The molecule has 2 amide bonds. The summed E-state index contributed by atoms with van der Waals surface area (Å²) >= 11 is 12.9. The van der Waals surface area contributed by atoms with Gasteiger partial charge < -0.3 is 23.9 Å². The predicted octanol–water partition coefficient (Wildman–Crippen LogP) is 10.4. The van der Waals surface area contributed by atoms with Gasteiger partial charge >= 0.3 is 0 Å². The summed E-state index contributed by atoms with van der Waals surface area (Å²) in [6.07, 6.45) is 5.04. The Morgan fingerprint density at radius 1 is 0.597 bits per heavy atom. The quantitative estimate of drug-likeness (QED) is 0.0633. The highest BCUT2D eigenvalue weighted by molar-refractivity contribution is 6.33. The van der Waals surface area contributed by atoms with Gasteiger partial charge in [-0.25, -0.2) is 4.68 Å². The van der Waals surface area contributed by atoms with Crippen molar-refractivity contribution in [1.29, 1.82) is 10.8 Å². The van der Waals surface area contributed by atoms with Gasteiger partial charge in [-0.05, 0) is 122 Å². The van der Waals surface area contributed by atoms with Gasteiger partial charge in [-0.1, -0.05) is 73.4 Å². The largest absolute Gasteiger partial charge is 0.494 e. The number of amides is 2. The lowest BCUT2D eigenvalue weighted by molar-refractivity contribution is -0.121. The highest BCUT2D eigenvalue weighted by Gasteiger charge is 2.19. The molecule has 3 heterocycles. The molecule has 7 rings (SSSR count). The monoisotopic (exact) mass is 870 g/mol. The topological polar surface area (TPSA) is 152 Å². The number of rotatable bonds is 14. The van der Waals surface area contributed by atoms with E-state index in [2.05, 4.69) is 29.6 Å². The van der Waals surface area contributed by atoms with Crippen molar-refractivity contribution in [1.82, 2.24) is 29.5 Å². The van der Waals surface area contributed by atoms with Crippen molar-refractivity contribution < 1.29 is 19.1 Å². The minimum Gasteiger partial charge on any atom is -0.494 e. The van der Waals surface area contributed by atoms with Crippen molar-refractivity contribution in [2.75, 3.05) is 13.2 Å². The summed E-state index contributed by atoms with van der Waals surface area (Å²) in [7, 11) is 0. The van der Waals surface area contributed by atoms with E-state index in [0.29, 0.717) is 23.3 Å². The van der Waals surface area contributed by atoms with Gasteiger partial charge in [0, 0.05) is 45.0 Å². The Morgan fingerprint density at radius 2 is 1.03 bits per heavy atom. The number of hydrogen-bond donors (Lipinski definition) is 4. The molecule has 0 radical (unpaired) electrons. The summed E-state index contributed by atoms with van der Waals surface area (Å²) in [5, 5.41) is 25.9. The van der Waals surface area contributed by atoms with E-state index in [1.807, 2.05) is 130 Å². The zero-order valence-corrected chi connectivity index (χ0v) is 36.2. The van der Waals surface area contributed by atoms with Crippen LogP contribution in [-0.2, 0) is 22.7 Å². The Bertz CT molecular complexity index is 2620. The molecule has 4 aromatic carbocycles. The van der Waals surface area contributed by atoms with Crippen LogP contribution in [-0.4, -0.2) is 55.7 Å². The van der Waals surface area contributed by atoms with Crippen LogP contribution in [0.3, 0.4) is 0 Å². The molecule has 14 heteroatoms. The second-order valence-corrected chi connectivity index (χ2v) is 14.9. The lowest BCUT2D eigenvalue weighted by Gasteiger charge is -2.15. The molecule has 0 aliphatic rings. The van der Waals surface area contributed by atoms with Gasteiger partial charge in [0.2, 0.25) is 17.8 Å². The number of carbonyl (C=O) groups is 2. The van der Waals surface area contributed by atoms with Crippen molar-refractivity contribution in [3.05, 3.63) is 150 Å². The molecule has 0 saturated carbocycles. The number of nitrogens with zero attached hydrogens (tertiary/aromatic N) is 4. The first-order valence-corrected chi connectivity index (χ1v) is 20.9. The SMILES string of the molecule is CCCOc1ccc(-c2ccc(-c3ccccc3Cl)n2CC(=O)NC(=N)n2cccn2)cc1.CCCOc1ccc(-c2ccc(-c3ccccc3Cl)n2CC(=O)NC(C)=N)cc1. The normalized spacial score (nSPS) is 10.7. The zero-order chi connectivity index (χ0) is 44.0. The average Bonchev–Trinajstić information content (AvgIpc) is 4.05. The maximum Gasteiger partial charge on any atom is 0.246 e. The zero-order valence-electron chi connectivity index (χ0n) is 34.7. The second-order valence-electron chi connectivity index (χ2n) is 14.1. The maximum atomic E-state index is 12.9. The summed E-state index contributed by atoms with van der Waals surface area (Å²) in [5.74, 6) is 1.01. The Labute approximate surface area is 371 Å². The molecular formula is C48H48Cl2N8O4. The molecule has 4 N–H and O–H groups in total. The number of nitrogens with one attached hydrogen (secondary N) is 4. The van der Waals surface area contributed by atoms with E-state index in [0.717, 1.165) is 69.4 Å². The van der Waals surface area contributed by atoms with Gasteiger partial charge in [0.1, 0.15) is 24.6 Å². The Kier molecular flexibility index (Phi) is 15.5. The van der Waals surface area contributed by atoms with Crippen LogP contribution in [0.1, 0.15) is 33.6 Å². The van der Waals surface area contributed by atoms with Crippen LogP contribution in [0.4, 0.5) is 0 Å². The highest BCUT2D eigenvalue weighted by Crippen LogP contribution is 2.35. The third-order valence-corrected chi connectivity index (χ3v) is 10.1. The van der Waals surface area contributed by atoms with Gasteiger partial charge in [0.15, 0.2) is 0 Å². The number of benzene rings is 4. The van der Waals surface area contributed by atoms with Crippen LogP contribution >= 0.6 is 23.2 Å². The molecule has 318 valence electrons. The number of aromatic nitrogens is 4. The van der Waals surface area contributed by atoms with E-state index in [9.17, 15) is 9.59 Å². The summed E-state index contributed by atoms with van der Waals surface area (Å²) in [4.78, 5) is 25.3. The minimum atomic E-state index is -0.343. The third-order valence-electron chi connectivity index (χ3n) is 9.43. The van der Waals surface area contributed by atoms with Crippen LogP contribution in [0, 0.1) is 10.8 Å². The summed E-state index contributed by atoms with van der Waals surface area (Å²) in [5.41, 5.74) is 6.97. The van der Waals surface area contributed by atoms with Crippen molar-refractivity contribution in [3.63, 3.8) is 0 Å². The molecule has 3 aromatic heterocycles. The fraction of sp³-hybridized carbons (Fsp3) is 0.188. The van der Waals surface area contributed by atoms with Crippen molar-refractivity contribution in [2.45, 2.75) is 46.7 Å². The first-order valence-electron chi connectivity index (χ1n) is 20.1. The molecule has 0 aliphatic heterocycles. The highest BCUT2D eigenvalue weighted by atomic mass is 35.5. The van der Waals surface area contributed by atoms with Crippen LogP contribution in [0.5, 0.6) is 11.5 Å². The fourth-order valence-corrected chi connectivity index (χ4v) is 7.10. The maximum absolute atomic E-state index is 12.9. The predicted molar refractivity (Wildman–Crippen MR) is 247 cm³/mol. The van der Waals surface area contributed by atoms with Crippen LogP contribution in [0.2, 0.25) is 10.0 Å². The number of amidine groups is 1. The van der Waals surface area contributed by atoms with Gasteiger partial charge in [-0.15, -0.1) is 0 Å². The van der Waals surface area contributed by atoms with Crippen molar-refractivity contribution in [3.8, 4) is 56.5 Å². The van der Waals surface area contributed by atoms with Crippen molar-refractivity contribution >= 4 is 46.8 Å². The molecule has 0 atom stereocenters. The Hall–Kier alpha value is -6.89. The van der Waals surface area contributed by atoms with E-state index in [1.54, 1.807) is 25.4 Å². The van der Waals surface area contributed by atoms with E-state index in [-0.39, 0.29) is 36.7 Å². The molecule has 0 bridgehead atoms. The lowest BCUT2D eigenvalue weighted by Crippen LogP contribution is -2.37. The summed E-state index contributed by atoms with van der Waals surface area (Å²) in [6.45, 7) is 7.09. The molecule has 0 fully saturated rings. The van der Waals surface area contributed by atoms with E-state index >= 15 is 0 Å². The van der Waals surface area contributed by atoms with Crippen LogP contribution in [0.25, 0.3) is 45.0 Å². The smallest absolute Gasteiger partial charge is 0.246 e. The lowest BCUT2D eigenvalue weighted by atomic mass is 10.1. The van der Waals surface area contributed by atoms with Crippen molar-refractivity contribution in [2.24, 2.45) is 0 Å². The standard InChI is InChI=1S/C25H24ClN5O2.C23H24ClN3O2/c1-2-16-33-19-10-8-18(9-11-19)22-12-13-23(20-6-3-4-7-21(20)26)30(22)17-24(32)29-25(27)31-15-5-14-28-31;1-3-14-29-18-10-8-17(9-11-18)21-12-13-22(19-6-4-5-7-20(19)24)27(21)15-23(28)26-16(2)25/h3-15H,2,16-17H2,1H3,(H2,27,29,32);4-13H,3,14-15H2,1-2H3,(H2,25,26,28). The number of carbonyl (C=O) groups excluding carboxylic acids is 2. The second kappa shape index (κ2) is 21.6. The summed E-state index contributed by atoms with van der Waals surface area (Å²) < 4.78 is 16.5. The molecular weight excluding hydrogens is 823 g/mol. The Balaban J connectivity index is 0.000000209. The molecule has 0 unspecified atom stereocenters.